The van der Waals surface area contributed by atoms with Crippen molar-refractivity contribution in [3.8, 4) is 11.4 Å². The van der Waals surface area contributed by atoms with E-state index in [9.17, 15) is 9.59 Å². The molecule has 0 aromatic carbocycles. The van der Waals surface area contributed by atoms with Crippen molar-refractivity contribution in [3.05, 3.63) is 54.6 Å². The highest BCUT2D eigenvalue weighted by atomic mass is 16.5. The van der Waals surface area contributed by atoms with Crippen molar-refractivity contribution < 1.29 is 14.3 Å². The number of hydrogen-bond donors (Lipinski definition) is 2. The van der Waals surface area contributed by atoms with Crippen molar-refractivity contribution in [1.29, 1.82) is 0 Å². The number of anilines is 2. The molecule has 4 aromatic rings. The van der Waals surface area contributed by atoms with Gasteiger partial charge in [0.05, 0.1) is 36.4 Å². The van der Waals surface area contributed by atoms with Crippen LogP contribution in [0.2, 0.25) is 0 Å². The molecule has 13 heteroatoms. The monoisotopic (exact) mass is 542 g/mol. The van der Waals surface area contributed by atoms with Crippen molar-refractivity contribution in [2.75, 3.05) is 56.7 Å². The molecule has 0 spiro atoms. The second-order valence-electron chi connectivity index (χ2n) is 9.70. The van der Waals surface area contributed by atoms with Gasteiger partial charge >= 0.3 is 6.03 Å². The lowest BCUT2D eigenvalue weighted by atomic mass is 10.0. The van der Waals surface area contributed by atoms with E-state index in [-0.39, 0.29) is 18.0 Å². The van der Waals surface area contributed by atoms with Crippen LogP contribution in [0.4, 0.5) is 16.4 Å². The minimum absolute atomic E-state index is 0.00190. The predicted molar refractivity (Wildman–Crippen MR) is 148 cm³/mol. The molecule has 2 aliphatic rings. The summed E-state index contributed by atoms with van der Waals surface area (Å²) >= 11 is 0. The first-order chi connectivity index (χ1) is 19.6. The fraction of sp³-hybridized carbons (Fsp3) is 0.370. The van der Waals surface area contributed by atoms with E-state index >= 15 is 0 Å². The van der Waals surface area contributed by atoms with Gasteiger partial charge in [0, 0.05) is 57.4 Å². The zero-order chi connectivity index (χ0) is 27.5. The van der Waals surface area contributed by atoms with Crippen LogP contribution in [0, 0.1) is 0 Å². The molecular weight excluding hydrogens is 512 g/mol. The fourth-order valence-electron chi connectivity index (χ4n) is 5.09. The number of morpholine rings is 1. The van der Waals surface area contributed by atoms with Gasteiger partial charge in [-0.25, -0.2) is 24.4 Å². The minimum atomic E-state index is -0.343. The standard InChI is InChI=1S/C27H30N10O3/c1-28-27(39)32-22-5-4-18(16-30-22)23-33-24(35-11-13-40-14-12-35)21-17-31-37(25(21)34-23)20-6-9-36(10-7-20)26(38)19-3-2-8-29-15-19/h2-5,8,15-17,20H,6-7,9-14H2,1H3,(H2,28,30,32,39). The van der Waals surface area contributed by atoms with Gasteiger partial charge in [-0.2, -0.15) is 5.10 Å². The van der Waals surface area contributed by atoms with Crippen LogP contribution in [0.1, 0.15) is 29.2 Å². The summed E-state index contributed by atoms with van der Waals surface area (Å²) in [7, 11) is 1.55. The van der Waals surface area contributed by atoms with Crippen molar-refractivity contribution >= 4 is 34.6 Å². The number of nitrogens with one attached hydrogen (secondary N) is 2. The molecule has 0 atom stereocenters. The zero-order valence-corrected chi connectivity index (χ0v) is 22.2. The van der Waals surface area contributed by atoms with Gasteiger partial charge in [-0.15, -0.1) is 0 Å². The van der Waals surface area contributed by atoms with E-state index in [0.717, 1.165) is 48.3 Å². The van der Waals surface area contributed by atoms with Crippen molar-refractivity contribution in [2.45, 2.75) is 18.9 Å². The summed E-state index contributed by atoms with van der Waals surface area (Å²) in [5.74, 6) is 1.76. The number of carbonyl (C=O) groups excluding carboxylic acids is 2. The Balaban J connectivity index is 1.30. The van der Waals surface area contributed by atoms with E-state index in [4.69, 9.17) is 19.8 Å². The number of nitrogens with zero attached hydrogens (tertiary/aromatic N) is 8. The molecule has 40 heavy (non-hydrogen) atoms. The number of aromatic nitrogens is 6. The number of fused-ring (bicyclic) bond motifs is 1. The molecule has 0 aliphatic carbocycles. The molecule has 0 unspecified atom stereocenters. The maximum atomic E-state index is 12.9. The smallest absolute Gasteiger partial charge is 0.320 e. The first-order valence-corrected chi connectivity index (χ1v) is 13.3. The SMILES string of the molecule is CNC(=O)Nc1ccc(-c2nc(N3CCOCC3)c3cnn(C4CCN(C(=O)c5cccnc5)CC4)c3n2)cn1. The third-order valence-corrected chi connectivity index (χ3v) is 7.24. The Labute approximate surface area is 230 Å². The molecule has 4 aromatic heterocycles. The highest BCUT2D eigenvalue weighted by Gasteiger charge is 2.28. The minimum Gasteiger partial charge on any atom is -0.378 e. The average molecular weight is 543 g/mol. The maximum Gasteiger partial charge on any atom is 0.320 e. The van der Waals surface area contributed by atoms with Crippen LogP contribution in [-0.4, -0.2) is 93.0 Å². The summed E-state index contributed by atoms with van der Waals surface area (Å²) in [6, 6.07) is 6.88. The first kappa shape index (κ1) is 25.6. The van der Waals surface area contributed by atoms with Crippen molar-refractivity contribution in [3.63, 3.8) is 0 Å². The number of urea groups is 1. The van der Waals surface area contributed by atoms with E-state index in [1.54, 1.807) is 43.8 Å². The highest BCUT2D eigenvalue weighted by Crippen LogP contribution is 2.32. The van der Waals surface area contributed by atoms with Gasteiger partial charge in [-0.3, -0.25) is 15.1 Å². The maximum absolute atomic E-state index is 12.9. The number of hydrogen-bond acceptors (Lipinski definition) is 9. The number of likely N-dealkylation sites (tertiary alicyclic amines) is 1. The van der Waals surface area contributed by atoms with E-state index in [2.05, 4.69) is 25.5 Å². The van der Waals surface area contributed by atoms with Crippen LogP contribution < -0.4 is 15.5 Å². The highest BCUT2D eigenvalue weighted by molar-refractivity contribution is 5.94. The van der Waals surface area contributed by atoms with Gasteiger partial charge in [0.2, 0.25) is 0 Å². The molecule has 2 saturated heterocycles. The Morgan fingerprint density at radius 2 is 1.82 bits per heavy atom. The lowest BCUT2D eigenvalue weighted by molar-refractivity contribution is 0.0691. The molecule has 6 heterocycles. The molecule has 0 bridgehead atoms. The molecule has 0 radical (unpaired) electrons. The molecule has 2 fully saturated rings. The molecule has 13 nitrogen and oxygen atoms in total. The number of piperidine rings is 1. The number of amides is 3. The lowest BCUT2D eigenvalue weighted by Gasteiger charge is -2.32. The summed E-state index contributed by atoms with van der Waals surface area (Å²) in [4.78, 5) is 47.0. The van der Waals surface area contributed by atoms with Crippen molar-refractivity contribution in [2.24, 2.45) is 0 Å². The summed E-state index contributed by atoms with van der Waals surface area (Å²) in [6.45, 7) is 3.94. The van der Waals surface area contributed by atoms with Crippen LogP contribution in [-0.2, 0) is 4.74 Å². The van der Waals surface area contributed by atoms with Crippen LogP contribution in [0.5, 0.6) is 0 Å². The molecule has 0 saturated carbocycles. The predicted octanol–water partition coefficient (Wildman–Crippen LogP) is 2.35. The largest absolute Gasteiger partial charge is 0.378 e. The molecule has 3 amide bonds. The molecular formula is C27H30N10O3. The van der Waals surface area contributed by atoms with Gasteiger partial charge in [0.15, 0.2) is 11.5 Å². The van der Waals surface area contributed by atoms with Gasteiger partial charge in [-0.05, 0) is 37.1 Å². The summed E-state index contributed by atoms with van der Waals surface area (Å²) in [5, 5.41) is 10.8. The third-order valence-electron chi connectivity index (χ3n) is 7.24. The second-order valence-corrected chi connectivity index (χ2v) is 9.70. The van der Waals surface area contributed by atoms with Gasteiger partial charge in [0.1, 0.15) is 11.6 Å². The summed E-state index contributed by atoms with van der Waals surface area (Å²) in [6.07, 6.45) is 8.29. The number of ether oxygens (including phenoxy) is 1. The summed E-state index contributed by atoms with van der Waals surface area (Å²) in [5.41, 5.74) is 2.07. The van der Waals surface area contributed by atoms with Gasteiger partial charge < -0.3 is 19.9 Å². The van der Waals surface area contributed by atoms with E-state index < -0.39 is 0 Å². The number of pyridine rings is 2. The quantitative estimate of drug-likeness (QED) is 0.388. The molecule has 6 rings (SSSR count). The normalized spacial score (nSPS) is 16.2. The molecule has 206 valence electrons. The second kappa shape index (κ2) is 11.2. The Morgan fingerprint density at radius 3 is 2.52 bits per heavy atom. The Bertz CT molecular complexity index is 1490. The Hall–Kier alpha value is -4.65. The summed E-state index contributed by atoms with van der Waals surface area (Å²) < 4.78 is 7.55. The van der Waals surface area contributed by atoms with Gasteiger partial charge in [-0.1, -0.05) is 0 Å². The molecule has 2 N–H and O–H groups in total. The topological polar surface area (TPSA) is 143 Å². The Kier molecular flexibility index (Phi) is 7.19. The van der Waals surface area contributed by atoms with Crippen LogP contribution in [0.3, 0.4) is 0 Å². The number of carbonyl (C=O) groups is 2. The van der Waals surface area contributed by atoms with E-state index in [1.165, 1.54) is 0 Å². The van der Waals surface area contributed by atoms with E-state index in [0.29, 0.717) is 43.5 Å². The first-order valence-electron chi connectivity index (χ1n) is 13.3. The third kappa shape index (κ3) is 5.15. The van der Waals surface area contributed by atoms with Crippen molar-refractivity contribution in [1.82, 2.24) is 39.9 Å². The average Bonchev–Trinajstić information content (AvgIpc) is 3.45. The van der Waals surface area contributed by atoms with Crippen LogP contribution >= 0.6 is 0 Å². The number of rotatable bonds is 5. The fourth-order valence-corrected chi connectivity index (χ4v) is 5.09. The molecule has 2 aliphatic heterocycles. The van der Waals surface area contributed by atoms with Crippen LogP contribution in [0.15, 0.2) is 49.1 Å². The zero-order valence-electron chi connectivity index (χ0n) is 22.2. The van der Waals surface area contributed by atoms with Crippen LogP contribution in [0.25, 0.3) is 22.4 Å². The lowest BCUT2D eigenvalue weighted by Crippen LogP contribution is -2.39. The van der Waals surface area contributed by atoms with E-state index in [1.807, 2.05) is 21.8 Å². The Morgan fingerprint density at radius 1 is 1.00 bits per heavy atom. The van der Waals surface area contributed by atoms with Gasteiger partial charge in [0.25, 0.3) is 5.91 Å².